The Morgan fingerprint density at radius 2 is 1.83 bits per heavy atom. The van der Waals surface area contributed by atoms with E-state index in [9.17, 15) is 23.1 Å². The van der Waals surface area contributed by atoms with E-state index in [0.29, 0.717) is 41.3 Å². The second-order valence-corrected chi connectivity index (χ2v) is 10.00. The Bertz CT molecular complexity index is 1220. The van der Waals surface area contributed by atoms with Crippen LogP contribution < -0.4 is 5.32 Å². The number of thiazole rings is 1. The summed E-state index contributed by atoms with van der Waals surface area (Å²) in [6, 6.07) is 6.15. The van der Waals surface area contributed by atoms with Crippen molar-refractivity contribution in [1.29, 1.82) is 0 Å². The fraction of sp³-hybridized carbons (Fsp3) is 0.417. The molecule has 2 N–H and O–H groups in total. The summed E-state index contributed by atoms with van der Waals surface area (Å²) in [6.07, 6.45) is -0.105. The molecule has 0 amide bonds. The predicted molar refractivity (Wildman–Crippen MR) is 124 cm³/mol. The monoisotopic (exact) mass is 508 g/mol. The van der Waals surface area contributed by atoms with Gasteiger partial charge in [0.05, 0.1) is 10.8 Å². The minimum absolute atomic E-state index is 0.185. The maximum Gasteiger partial charge on any atom is 0.433 e. The van der Waals surface area contributed by atoms with Crippen LogP contribution in [0.5, 0.6) is 0 Å². The van der Waals surface area contributed by atoms with Crippen molar-refractivity contribution in [2.45, 2.75) is 51.4 Å². The van der Waals surface area contributed by atoms with E-state index >= 15 is 4.39 Å². The van der Waals surface area contributed by atoms with Crippen molar-refractivity contribution in [2.75, 3.05) is 5.32 Å². The summed E-state index contributed by atoms with van der Waals surface area (Å²) in [7, 11) is 0. The van der Waals surface area contributed by atoms with Gasteiger partial charge in [0.1, 0.15) is 10.7 Å². The van der Waals surface area contributed by atoms with E-state index in [1.807, 2.05) is 13.0 Å². The van der Waals surface area contributed by atoms with Crippen LogP contribution in [0.2, 0.25) is 0 Å². The standard InChI is InChI=1S/C24H24F4N4O2S/c1-13-9-15(11-17(10-13)31-22-29-8-7-19(32-22)24(26,27)28)18-12-30-21(35-18)23(2,25)16-5-3-14(4-6-16)20(33)34/h7-12,14,16H,3-6H2,1-2H3,(H,33,34)(H,29,31,32). The average molecular weight is 509 g/mol. The molecule has 3 aromatic rings. The summed E-state index contributed by atoms with van der Waals surface area (Å²) < 4.78 is 54.7. The molecule has 1 aliphatic carbocycles. The highest BCUT2D eigenvalue weighted by Gasteiger charge is 2.42. The predicted octanol–water partition coefficient (Wildman–Crippen LogP) is 6.75. The maximum atomic E-state index is 15.8. The third-order valence-electron chi connectivity index (χ3n) is 6.33. The Balaban J connectivity index is 1.54. The molecule has 0 spiro atoms. The molecule has 6 nitrogen and oxygen atoms in total. The second kappa shape index (κ2) is 9.52. The zero-order chi connectivity index (χ0) is 25.4. The van der Waals surface area contributed by atoms with Crippen LogP contribution in [-0.2, 0) is 16.6 Å². The number of carbonyl (C=O) groups is 1. The van der Waals surface area contributed by atoms with Crippen LogP contribution in [0.4, 0.5) is 29.2 Å². The third kappa shape index (κ3) is 5.61. The lowest BCUT2D eigenvalue weighted by atomic mass is 9.75. The van der Waals surface area contributed by atoms with Crippen molar-refractivity contribution in [3.8, 4) is 10.4 Å². The number of aromatic nitrogens is 3. The molecule has 4 rings (SSSR count). The van der Waals surface area contributed by atoms with Crippen LogP contribution in [0.3, 0.4) is 0 Å². The van der Waals surface area contributed by atoms with Gasteiger partial charge in [-0.25, -0.2) is 19.3 Å². The van der Waals surface area contributed by atoms with Crippen molar-refractivity contribution in [1.82, 2.24) is 15.0 Å². The van der Waals surface area contributed by atoms with Gasteiger partial charge in [-0.3, -0.25) is 4.79 Å². The Kier molecular flexibility index (Phi) is 6.81. The van der Waals surface area contributed by atoms with Crippen molar-refractivity contribution in [3.63, 3.8) is 0 Å². The van der Waals surface area contributed by atoms with Crippen molar-refractivity contribution >= 4 is 28.9 Å². The van der Waals surface area contributed by atoms with E-state index in [1.165, 1.54) is 18.3 Å². The van der Waals surface area contributed by atoms with Crippen LogP contribution >= 0.6 is 11.3 Å². The van der Waals surface area contributed by atoms with Crippen LogP contribution in [0.25, 0.3) is 10.4 Å². The highest BCUT2D eigenvalue weighted by molar-refractivity contribution is 7.15. The van der Waals surface area contributed by atoms with Crippen LogP contribution in [0.15, 0.2) is 36.7 Å². The molecular weight excluding hydrogens is 484 g/mol. The van der Waals surface area contributed by atoms with E-state index in [0.717, 1.165) is 23.4 Å². The highest BCUT2D eigenvalue weighted by atomic mass is 32.1. The first-order chi connectivity index (χ1) is 16.4. The number of alkyl halides is 4. The molecule has 11 heteroatoms. The lowest BCUT2D eigenvalue weighted by Crippen LogP contribution is -2.32. The lowest BCUT2D eigenvalue weighted by molar-refractivity contribution is -0.143. The number of anilines is 2. The summed E-state index contributed by atoms with van der Waals surface area (Å²) in [5.41, 5.74) is -0.683. The van der Waals surface area contributed by atoms with Gasteiger partial charge in [-0.1, -0.05) is 6.07 Å². The molecule has 2 aromatic heterocycles. The molecule has 1 fully saturated rings. The van der Waals surface area contributed by atoms with Gasteiger partial charge >= 0.3 is 12.1 Å². The molecule has 1 unspecified atom stereocenters. The van der Waals surface area contributed by atoms with E-state index < -0.39 is 29.4 Å². The number of halogens is 4. The van der Waals surface area contributed by atoms with Gasteiger partial charge in [-0.15, -0.1) is 11.3 Å². The van der Waals surface area contributed by atoms with E-state index in [1.54, 1.807) is 18.3 Å². The molecule has 0 radical (unpaired) electrons. The molecule has 0 bridgehead atoms. The first kappa shape index (κ1) is 25.0. The third-order valence-corrected chi connectivity index (χ3v) is 7.59. The molecule has 186 valence electrons. The minimum atomic E-state index is -4.58. The Hall–Kier alpha value is -3.08. The molecule has 1 atom stereocenters. The molecular formula is C24H24F4N4O2S. The Morgan fingerprint density at radius 1 is 1.11 bits per heavy atom. The van der Waals surface area contributed by atoms with E-state index in [4.69, 9.17) is 0 Å². The normalized spacial score (nSPS) is 20.3. The molecule has 35 heavy (non-hydrogen) atoms. The van der Waals surface area contributed by atoms with Crippen LogP contribution in [0.1, 0.15) is 48.9 Å². The quantitative estimate of drug-likeness (QED) is 0.358. The highest BCUT2D eigenvalue weighted by Crippen LogP contribution is 2.46. The number of nitrogens with zero attached hydrogens (tertiary/aromatic N) is 3. The van der Waals surface area contributed by atoms with Gasteiger partial charge in [-0.2, -0.15) is 13.2 Å². The fourth-order valence-corrected chi connectivity index (χ4v) is 5.42. The summed E-state index contributed by atoms with van der Waals surface area (Å²) >= 11 is 1.21. The first-order valence-corrected chi connectivity index (χ1v) is 11.9. The summed E-state index contributed by atoms with van der Waals surface area (Å²) in [5.74, 6) is -1.76. The number of hydrogen-bond acceptors (Lipinski definition) is 6. The SMILES string of the molecule is Cc1cc(Nc2nccc(C(F)(F)F)n2)cc(-c2cnc(C(C)(F)C3CCC(C(=O)O)CC3)s2)c1. The number of carboxylic acid groups (broad SMARTS) is 1. The number of rotatable bonds is 6. The van der Waals surface area contributed by atoms with Crippen molar-refractivity contribution in [3.05, 3.63) is 52.9 Å². The summed E-state index contributed by atoms with van der Waals surface area (Å²) in [4.78, 5) is 23.6. The molecule has 1 saturated carbocycles. The first-order valence-electron chi connectivity index (χ1n) is 11.1. The van der Waals surface area contributed by atoms with Crippen molar-refractivity contribution < 1.29 is 27.5 Å². The van der Waals surface area contributed by atoms with Crippen LogP contribution in [0, 0.1) is 18.8 Å². The lowest BCUT2D eigenvalue weighted by Gasteiger charge is -2.33. The minimum Gasteiger partial charge on any atom is -0.481 e. The van der Waals surface area contributed by atoms with Gasteiger partial charge < -0.3 is 10.4 Å². The number of carboxylic acids is 1. The molecule has 1 aliphatic rings. The molecule has 0 aliphatic heterocycles. The number of hydrogen-bond donors (Lipinski definition) is 2. The number of benzene rings is 1. The average Bonchev–Trinajstić information content (AvgIpc) is 3.30. The number of aliphatic carboxylic acids is 1. The zero-order valence-electron chi connectivity index (χ0n) is 19.1. The fourth-order valence-electron chi connectivity index (χ4n) is 4.39. The molecule has 0 saturated heterocycles. The smallest absolute Gasteiger partial charge is 0.433 e. The van der Waals surface area contributed by atoms with Crippen molar-refractivity contribution in [2.24, 2.45) is 11.8 Å². The van der Waals surface area contributed by atoms with E-state index in [2.05, 4.69) is 20.3 Å². The van der Waals surface area contributed by atoms with Gasteiger partial charge in [-0.05, 0) is 74.8 Å². The zero-order valence-corrected chi connectivity index (χ0v) is 19.9. The van der Waals surface area contributed by atoms with Gasteiger partial charge in [0.2, 0.25) is 5.95 Å². The summed E-state index contributed by atoms with van der Waals surface area (Å²) in [6.45, 7) is 3.33. The van der Waals surface area contributed by atoms with Gasteiger partial charge in [0.15, 0.2) is 5.67 Å². The Morgan fingerprint density at radius 3 is 2.49 bits per heavy atom. The molecule has 1 aromatic carbocycles. The Labute approximate surface area is 203 Å². The molecule has 2 heterocycles. The topological polar surface area (TPSA) is 88.0 Å². The number of aryl methyl sites for hydroxylation is 1. The number of nitrogens with one attached hydrogen (secondary N) is 1. The second-order valence-electron chi connectivity index (χ2n) is 8.97. The van der Waals surface area contributed by atoms with Crippen LogP contribution in [-0.4, -0.2) is 26.0 Å². The van der Waals surface area contributed by atoms with E-state index in [-0.39, 0.29) is 11.9 Å². The van der Waals surface area contributed by atoms with Gasteiger partial charge in [0.25, 0.3) is 0 Å². The largest absolute Gasteiger partial charge is 0.481 e. The maximum absolute atomic E-state index is 15.8. The summed E-state index contributed by atoms with van der Waals surface area (Å²) in [5, 5.41) is 12.3. The van der Waals surface area contributed by atoms with Gasteiger partial charge in [0, 0.05) is 18.1 Å².